The average molecular weight is 395 g/mol. The minimum Gasteiger partial charge on any atom is -0.790 e. The first kappa shape index (κ1) is 22.9. The molecule has 24 heavy (non-hydrogen) atoms. The Morgan fingerprint density at radius 3 is 2.79 bits per heavy atom. The van der Waals surface area contributed by atoms with Crippen LogP contribution in [0.15, 0.2) is 12.7 Å². The molecule has 0 unspecified atom stereocenters. The van der Waals surface area contributed by atoms with Crippen molar-refractivity contribution in [3.8, 4) is 0 Å². The number of hydrogen-bond donors (Lipinski definition) is 1. The van der Waals surface area contributed by atoms with Gasteiger partial charge < -0.3 is 28.7 Å². The second-order valence-corrected chi connectivity index (χ2v) is 6.19. The van der Waals surface area contributed by atoms with E-state index in [0.717, 1.165) is 0 Å². The van der Waals surface area contributed by atoms with Crippen LogP contribution in [0.3, 0.4) is 0 Å². The minimum atomic E-state index is -5.08. The zero-order valence-electron chi connectivity index (χ0n) is 12.9. The molecule has 0 bridgehead atoms. The van der Waals surface area contributed by atoms with Gasteiger partial charge in [-0.3, -0.25) is 4.57 Å². The SMILES string of the molecule is O=P([O-])([O-])OC[C@@H]1C[C@@H](O)[C@H](n2cnc3c(Cl)ncnc32)O1.[Na+].[Na+]. The van der Waals surface area contributed by atoms with Crippen molar-refractivity contribution >= 4 is 30.6 Å². The summed E-state index contributed by atoms with van der Waals surface area (Å²) in [5.41, 5.74) is 0.715. The number of rotatable bonds is 4. The molecule has 2 aromatic heterocycles. The van der Waals surface area contributed by atoms with E-state index in [0.29, 0.717) is 11.2 Å². The monoisotopic (exact) mass is 394 g/mol. The van der Waals surface area contributed by atoms with Crippen molar-refractivity contribution in [2.45, 2.75) is 24.9 Å². The van der Waals surface area contributed by atoms with Crippen molar-refractivity contribution in [3.05, 3.63) is 17.8 Å². The molecule has 120 valence electrons. The van der Waals surface area contributed by atoms with Crippen LogP contribution in [0.25, 0.3) is 11.2 Å². The number of phosphoric ester groups is 1. The van der Waals surface area contributed by atoms with Gasteiger partial charge in [-0.1, -0.05) is 11.6 Å². The third-order valence-corrected chi connectivity index (χ3v) is 3.91. The Kier molecular flexibility index (Phi) is 8.77. The first-order valence-corrected chi connectivity index (χ1v) is 8.02. The van der Waals surface area contributed by atoms with E-state index in [1.807, 2.05) is 0 Å². The Labute approximate surface area is 185 Å². The Hall–Kier alpha value is 0.870. The first-order valence-electron chi connectivity index (χ1n) is 6.18. The molecule has 10 nitrogen and oxygen atoms in total. The Morgan fingerprint density at radius 1 is 1.42 bits per heavy atom. The van der Waals surface area contributed by atoms with Crippen molar-refractivity contribution in [3.63, 3.8) is 0 Å². The molecule has 1 aliphatic rings. The molecule has 1 saturated heterocycles. The van der Waals surface area contributed by atoms with Gasteiger partial charge in [-0.25, -0.2) is 15.0 Å². The van der Waals surface area contributed by atoms with Gasteiger partial charge in [0.2, 0.25) is 0 Å². The Morgan fingerprint density at radius 2 is 2.12 bits per heavy atom. The summed E-state index contributed by atoms with van der Waals surface area (Å²) in [6, 6.07) is 0. The van der Waals surface area contributed by atoms with Crippen LogP contribution in [-0.4, -0.2) is 43.4 Å². The minimum absolute atomic E-state index is 0. The standard InChI is InChI=1S/C10H12ClN4O6P.2Na/c11-8-7-9(13-3-12-8)15(4-14-7)10-6(16)1-5(21-10)2-20-22(17,18)19;;/h3-6,10,16H,1-2H2,(H2,17,18,19);;/q;2*+1/p-2/t5-,6+,10+;;/m0../s1. The Balaban J connectivity index is 0.00000144. The summed E-state index contributed by atoms with van der Waals surface area (Å²) < 4.78 is 21.6. The second kappa shape index (κ2) is 9.18. The summed E-state index contributed by atoms with van der Waals surface area (Å²) in [5.74, 6) is 0. The molecule has 3 atom stereocenters. The molecule has 3 heterocycles. The number of hydrogen-bond acceptors (Lipinski definition) is 9. The van der Waals surface area contributed by atoms with Crippen LogP contribution in [0, 0.1) is 0 Å². The summed E-state index contributed by atoms with van der Waals surface area (Å²) in [5, 5.41) is 10.2. The van der Waals surface area contributed by atoms with Gasteiger partial charge in [0.15, 0.2) is 17.0 Å². The van der Waals surface area contributed by atoms with E-state index in [4.69, 9.17) is 16.3 Å². The molecule has 0 radical (unpaired) electrons. The van der Waals surface area contributed by atoms with Gasteiger partial charge in [-0.15, -0.1) is 0 Å². The number of halogens is 1. The van der Waals surface area contributed by atoms with Crippen LogP contribution >= 0.6 is 19.4 Å². The van der Waals surface area contributed by atoms with E-state index in [1.165, 1.54) is 17.2 Å². The molecule has 1 fully saturated rings. The Bertz CT molecular complexity index is 745. The van der Waals surface area contributed by atoms with Crippen molar-refractivity contribution < 1.29 is 87.8 Å². The molecular formula is C10H10ClN4Na2O6P. The number of ether oxygens (including phenoxy) is 1. The zero-order chi connectivity index (χ0) is 15.9. The number of aromatic nitrogens is 4. The fourth-order valence-corrected chi connectivity index (χ4v) is 2.80. The van der Waals surface area contributed by atoms with E-state index in [2.05, 4.69) is 19.5 Å². The molecule has 0 amide bonds. The summed E-state index contributed by atoms with van der Waals surface area (Å²) in [6.45, 7) is -0.458. The maximum absolute atomic E-state index is 10.5. The molecule has 0 aliphatic carbocycles. The fraction of sp³-hybridized carbons (Fsp3) is 0.500. The van der Waals surface area contributed by atoms with Gasteiger partial charge >= 0.3 is 59.1 Å². The topological polar surface area (TPSA) is 145 Å². The smallest absolute Gasteiger partial charge is 0.790 e. The number of imidazole rings is 1. The molecule has 2 aromatic rings. The predicted octanol–water partition coefficient (Wildman–Crippen LogP) is -7.02. The average Bonchev–Trinajstić information content (AvgIpc) is 3.00. The number of phosphoric acid groups is 1. The van der Waals surface area contributed by atoms with Crippen LogP contribution in [0.4, 0.5) is 0 Å². The maximum Gasteiger partial charge on any atom is 1.00 e. The normalized spacial score (nSPS) is 23.8. The van der Waals surface area contributed by atoms with Crippen molar-refractivity contribution in [2.75, 3.05) is 6.61 Å². The molecule has 14 heteroatoms. The number of aliphatic hydroxyl groups excluding tert-OH is 1. The summed E-state index contributed by atoms with van der Waals surface area (Å²) >= 11 is 5.89. The third-order valence-electron chi connectivity index (χ3n) is 3.17. The van der Waals surface area contributed by atoms with Gasteiger partial charge in [0.25, 0.3) is 0 Å². The molecule has 1 aliphatic heterocycles. The van der Waals surface area contributed by atoms with Crippen LogP contribution in [0.5, 0.6) is 0 Å². The zero-order valence-corrected chi connectivity index (χ0v) is 18.6. The second-order valence-electron chi connectivity index (χ2n) is 4.68. The van der Waals surface area contributed by atoms with Gasteiger partial charge in [0.1, 0.15) is 17.9 Å². The number of aliphatic hydroxyl groups is 1. The van der Waals surface area contributed by atoms with Gasteiger partial charge in [0, 0.05) is 6.42 Å². The van der Waals surface area contributed by atoms with E-state index >= 15 is 0 Å². The van der Waals surface area contributed by atoms with E-state index in [-0.39, 0.29) is 70.7 Å². The van der Waals surface area contributed by atoms with Gasteiger partial charge in [-0.05, 0) is 0 Å². The largest absolute Gasteiger partial charge is 1.00 e. The molecular weight excluding hydrogens is 385 g/mol. The fourth-order valence-electron chi connectivity index (χ4n) is 2.27. The summed E-state index contributed by atoms with van der Waals surface area (Å²) in [7, 11) is -5.08. The number of nitrogens with zero attached hydrogens (tertiary/aromatic N) is 4. The van der Waals surface area contributed by atoms with Gasteiger partial charge in [-0.2, -0.15) is 0 Å². The van der Waals surface area contributed by atoms with Crippen LogP contribution in [0.1, 0.15) is 12.6 Å². The molecule has 0 saturated carbocycles. The summed E-state index contributed by atoms with van der Waals surface area (Å²) in [6.07, 6.45) is 0.193. The quantitative estimate of drug-likeness (QED) is 0.303. The molecule has 0 spiro atoms. The molecule has 1 N–H and O–H groups in total. The predicted molar refractivity (Wildman–Crippen MR) is 68.4 cm³/mol. The van der Waals surface area contributed by atoms with Crippen molar-refractivity contribution in [1.29, 1.82) is 0 Å². The first-order chi connectivity index (χ1) is 10.3. The maximum atomic E-state index is 10.5. The van der Waals surface area contributed by atoms with Crippen LogP contribution in [-0.2, 0) is 13.8 Å². The van der Waals surface area contributed by atoms with E-state index in [1.54, 1.807) is 0 Å². The van der Waals surface area contributed by atoms with Crippen molar-refractivity contribution in [1.82, 2.24) is 19.5 Å². The van der Waals surface area contributed by atoms with Crippen LogP contribution < -0.4 is 68.9 Å². The third kappa shape index (κ3) is 5.20. The number of fused-ring (bicyclic) bond motifs is 1. The molecule has 3 rings (SSSR count). The molecule has 0 aromatic carbocycles. The van der Waals surface area contributed by atoms with Gasteiger partial charge in [0.05, 0.1) is 26.9 Å². The van der Waals surface area contributed by atoms with Crippen LogP contribution in [0.2, 0.25) is 5.15 Å². The van der Waals surface area contributed by atoms with Crippen molar-refractivity contribution in [2.24, 2.45) is 0 Å². The van der Waals surface area contributed by atoms with E-state index < -0.39 is 32.9 Å². The summed E-state index contributed by atoms with van der Waals surface area (Å²) in [4.78, 5) is 32.8. The van der Waals surface area contributed by atoms with E-state index in [9.17, 15) is 19.5 Å².